The quantitative estimate of drug-likeness (QED) is 0.0403. The SMILES string of the molecule is CCCCSSCCCOC.COCCCOCCOCCOP(C)(=O)OC.COCCOCCOCCOCCOCCOCCOP(C)(=O)OC. The first-order valence-corrected chi connectivity index (χ1v) is 24.4. The summed E-state index contributed by atoms with van der Waals surface area (Å²) < 4.78 is 93.8. The molecule has 0 radical (unpaired) electrons. The summed E-state index contributed by atoms with van der Waals surface area (Å²) in [6.45, 7) is 14.8. The van der Waals surface area contributed by atoms with Gasteiger partial charge >= 0.3 is 15.2 Å². The van der Waals surface area contributed by atoms with Gasteiger partial charge in [-0.1, -0.05) is 34.9 Å². The second kappa shape index (κ2) is 48.7. The predicted octanol–water partition coefficient (Wildman–Crippen LogP) is 5.95. The minimum absolute atomic E-state index is 0.224. The first kappa shape index (κ1) is 57.9. The number of unbranched alkanes of at least 4 members (excludes halogenated alkanes) is 1. The lowest BCUT2D eigenvalue weighted by atomic mass is 10.4. The second-order valence-electron chi connectivity index (χ2n) is 10.5. The molecule has 0 saturated carbocycles. The molecule has 0 aliphatic carbocycles. The van der Waals surface area contributed by atoms with Crippen molar-refractivity contribution in [1.29, 1.82) is 0 Å². The van der Waals surface area contributed by atoms with Gasteiger partial charge in [-0.05, 0) is 19.3 Å². The Morgan fingerprint density at radius 2 is 0.679 bits per heavy atom. The van der Waals surface area contributed by atoms with Crippen molar-refractivity contribution in [3.8, 4) is 0 Å². The maximum absolute atomic E-state index is 11.4. The zero-order chi connectivity index (χ0) is 40.0. The maximum Gasteiger partial charge on any atom is 0.327 e. The monoisotopic (exact) mass is 852 g/mol. The van der Waals surface area contributed by atoms with Gasteiger partial charge in [-0.2, -0.15) is 0 Å². The minimum Gasteiger partial charge on any atom is -0.385 e. The van der Waals surface area contributed by atoms with Crippen LogP contribution in [0.4, 0.5) is 0 Å². The van der Waals surface area contributed by atoms with Gasteiger partial charge in [-0.15, -0.1) is 0 Å². The Morgan fingerprint density at radius 3 is 1.02 bits per heavy atom. The molecule has 0 bridgehead atoms. The summed E-state index contributed by atoms with van der Waals surface area (Å²) in [5, 5.41) is 0. The molecule has 2 unspecified atom stereocenters. The molecule has 0 heterocycles. The molecule has 0 saturated heterocycles. The Kier molecular flexibility index (Phi) is 53.3. The fourth-order valence-electron chi connectivity index (χ4n) is 2.96. The Hall–Kier alpha value is 0.600. The van der Waals surface area contributed by atoms with Gasteiger partial charge in [0.05, 0.1) is 106 Å². The number of hydrogen-bond acceptors (Lipinski definition) is 18. The van der Waals surface area contributed by atoms with E-state index in [1.165, 1.54) is 58.3 Å². The van der Waals surface area contributed by atoms with Gasteiger partial charge in [-0.25, -0.2) is 0 Å². The van der Waals surface area contributed by atoms with Crippen LogP contribution in [0.3, 0.4) is 0 Å². The first-order valence-electron chi connectivity index (χ1n) is 18.0. The van der Waals surface area contributed by atoms with Gasteiger partial charge in [0.15, 0.2) is 0 Å². The fraction of sp³-hybridized carbons (Fsp3) is 1.00. The molecule has 0 aromatic rings. The van der Waals surface area contributed by atoms with E-state index in [0.717, 1.165) is 13.0 Å². The molecule has 324 valence electrons. The van der Waals surface area contributed by atoms with Crippen LogP contribution in [0.1, 0.15) is 32.6 Å². The average molecular weight is 853 g/mol. The summed E-state index contributed by atoms with van der Waals surface area (Å²) in [5.74, 6) is 2.52. The number of ether oxygens (including phenoxy) is 10. The third-order valence-corrected chi connectivity index (χ3v) is 11.1. The van der Waals surface area contributed by atoms with Gasteiger partial charge in [0.2, 0.25) is 0 Å². The van der Waals surface area contributed by atoms with Gasteiger partial charge in [0.1, 0.15) is 0 Å². The van der Waals surface area contributed by atoms with Crippen molar-refractivity contribution in [2.75, 3.05) is 186 Å². The highest BCUT2D eigenvalue weighted by Gasteiger charge is 2.14. The largest absolute Gasteiger partial charge is 0.385 e. The summed E-state index contributed by atoms with van der Waals surface area (Å²) >= 11 is 0. The Labute approximate surface area is 329 Å². The summed E-state index contributed by atoms with van der Waals surface area (Å²) in [4.78, 5) is 0. The van der Waals surface area contributed by atoms with Crippen LogP contribution in [0.5, 0.6) is 0 Å². The van der Waals surface area contributed by atoms with E-state index in [4.69, 9.17) is 60.9 Å². The number of rotatable bonds is 40. The predicted molar refractivity (Wildman–Crippen MR) is 213 cm³/mol. The summed E-state index contributed by atoms with van der Waals surface area (Å²) in [6, 6.07) is 0. The van der Waals surface area contributed by atoms with E-state index in [9.17, 15) is 9.13 Å². The third-order valence-electron chi connectivity index (χ3n) is 5.94. The van der Waals surface area contributed by atoms with Crippen LogP contribution in [0.15, 0.2) is 0 Å². The Bertz CT molecular complexity index is 773. The number of methoxy groups -OCH3 is 3. The van der Waals surface area contributed by atoms with Crippen LogP contribution >= 0.6 is 36.8 Å². The minimum atomic E-state index is -2.91. The average Bonchev–Trinajstić information content (AvgIpc) is 3.15. The van der Waals surface area contributed by atoms with Crippen molar-refractivity contribution in [3.63, 3.8) is 0 Å². The smallest absolute Gasteiger partial charge is 0.327 e. The number of hydrogen-bond donors (Lipinski definition) is 0. The molecule has 0 N–H and O–H groups in total. The molecule has 16 nitrogen and oxygen atoms in total. The molecule has 0 aliphatic heterocycles. The van der Waals surface area contributed by atoms with E-state index in [1.54, 1.807) is 21.3 Å². The van der Waals surface area contributed by atoms with Gasteiger partial charge in [0, 0.05) is 80.2 Å². The van der Waals surface area contributed by atoms with Crippen molar-refractivity contribution in [3.05, 3.63) is 0 Å². The molecule has 0 spiro atoms. The van der Waals surface area contributed by atoms with Crippen LogP contribution in [0, 0.1) is 0 Å². The van der Waals surface area contributed by atoms with Crippen molar-refractivity contribution in [2.45, 2.75) is 32.6 Å². The lowest BCUT2D eigenvalue weighted by Gasteiger charge is -2.11. The second-order valence-corrected chi connectivity index (χ2v) is 17.6. The summed E-state index contributed by atoms with van der Waals surface area (Å²) in [7, 11) is 5.94. The molecular formula is C33H74O16P2S2. The first-order chi connectivity index (χ1) is 25.7. The molecule has 0 amide bonds. The van der Waals surface area contributed by atoms with Crippen LogP contribution in [-0.4, -0.2) is 186 Å². The maximum atomic E-state index is 11.4. The molecule has 2 atom stereocenters. The third kappa shape index (κ3) is 57.0. The topological polar surface area (TPSA) is 163 Å². The summed E-state index contributed by atoms with van der Waals surface area (Å²) in [6.07, 6.45) is 4.72. The van der Waals surface area contributed by atoms with Crippen molar-refractivity contribution in [2.24, 2.45) is 0 Å². The highest BCUT2D eigenvalue weighted by atomic mass is 33.1. The van der Waals surface area contributed by atoms with E-state index in [2.05, 4.69) is 11.4 Å². The lowest BCUT2D eigenvalue weighted by Crippen LogP contribution is -2.14. The highest BCUT2D eigenvalue weighted by molar-refractivity contribution is 8.76. The standard InChI is InChI=1S/C15H33O9P.C10H23O6P.C8H18OS2/c1-17-4-5-19-6-7-20-8-9-21-10-11-22-12-13-23-14-15-24-25(3,16)18-2;1-12-5-4-6-14-7-8-15-9-10-16-17(3,11)13-2;1-3-4-7-10-11-8-5-6-9-2/h4-15H2,1-3H3;4-10H2,1-3H3;3-8H2,1-2H3. The van der Waals surface area contributed by atoms with E-state index < -0.39 is 15.2 Å². The summed E-state index contributed by atoms with van der Waals surface area (Å²) in [5.41, 5.74) is 0. The zero-order valence-electron chi connectivity index (χ0n) is 33.9. The Balaban J connectivity index is -0.000000770. The Morgan fingerprint density at radius 1 is 0.377 bits per heavy atom. The van der Waals surface area contributed by atoms with Crippen LogP contribution < -0.4 is 0 Å². The van der Waals surface area contributed by atoms with Crippen molar-refractivity contribution in [1.82, 2.24) is 0 Å². The molecule has 53 heavy (non-hydrogen) atoms. The van der Waals surface area contributed by atoms with Crippen molar-refractivity contribution >= 4 is 36.8 Å². The molecule has 20 heteroatoms. The van der Waals surface area contributed by atoms with Gasteiger partial charge in [0.25, 0.3) is 0 Å². The van der Waals surface area contributed by atoms with Gasteiger partial charge in [-0.3, -0.25) is 9.13 Å². The zero-order valence-corrected chi connectivity index (χ0v) is 37.3. The van der Waals surface area contributed by atoms with E-state index >= 15 is 0 Å². The van der Waals surface area contributed by atoms with Crippen molar-refractivity contribution < 1.29 is 74.6 Å². The van der Waals surface area contributed by atoms with Crippen LogP contribution in [0.25, 0.3) is 0 Å². The van der Waals surface area contributed by atoms with E-state index in [0.29, 0.717) is 106 Å². The van der Waals surface area contributed by atoms with E-state index in [1.807, 2.05) is 21.6 Å². The normalized spacial score (nSPS) is 13.4. The van der Waals surface area contributed by atoms with Crippen LogP contribution in [0.2, 0.25) is 0 Å². The van der Waals surface area contributed by atoms with Crippen LogP contribution in [-0.2, 0) is 74.6 Å². The lowest BCUT2D eigenvalue weighted by molar-refractivity contribution is -0.0160. The van der Waals surface area contributed by atoms with E-state index in [-0.39, 0.29) is 13.2 Å². The fourth-order valence-corrected chi connectivity index (χ4v) is 6.28. The molecular weight excluding hydrogens is 778 g/mol. The molecule has 0 rings (SSSR count). The molecule has 0 aliphatic rings. The molecule has 0 fully saturated rings. The molecule has 0 aromatic heterocycles. The highest BCUT2D eigenvalue weighted by Crippen LogP contribution is 2.42. The van der Waals surface area contributed by atoms with Gasteiger partial charge < -0.3 is 65.5 Å². The molecule has 0 aromatic carbocycles.